The number of amides is 2. The van der Waals surface area contributed by atoms with Gasteiger partial charge in [-0.3, -0.25) is 14.5 Å². The lowest BCUT2D eigenvalue weighted by Crippen LogP contribution is -2.32. The Morgan fingerprint density at radius 3 is 2.02 bits per heavy atom. The van der Waals surface area contributed by atoms with Crippen molar-refractivity contribution in [2.75, 3.05) is 10.7 Å². The molecular weight excluding hydrogens is 518 g/mol. The predicted molar refractivity (Wildman–Crippen MR) is 158 cm³/mol. The van der Waals surface area contributed by atoms with Crippen LogP contribution in [0.2, 0.25) is 0 Å². The van der Waals surface area contributed by atoms with E-state index in [2.05, 4.69) is 11.4 Å². The van der Waals surface area contributed by atoms with Crippen LogP contribution >= 0.6 is 11.8 Å². The number of rotatable bonds is 9. The molecule has 1 atom stereocenters. The van der Waals surface area contributed by atoms with Crippen molar-refractivity contribution < 1.29 is 14.3 Å². The number of thioether (sulfide) groups is 1. The Bertz CT molecular complexity index is 1490. The number of benzene rings is 4. The van der Waals surface area contributed by atoms with E-state index in [1.807, 2.05) is 115 Å². The van der Waals surface area contributed by atoms with E-state index in [9.17, 15) is 14.9 Å². The Balaban J connectivity index is 1.32. The van der Waals surface area contributed by atoms with Crippen LogP contribution < -0.4 is 15.0 Å². The van der Waals surface area contributed by atoms with Crippen LogP contribution in [0.3, 0.4) is 0 Å². The van der Waals surface area contributed by atoms with Crippen LogP contribution in [0.1, 0.15) is 23.5 Å². The number of nitrogens with one attached hydrogen (secondary N) is 1. The molecule has 1 heterocycles. The first-order valence-electron chi connectivity index (χ1n) is 12.9. The van der Waals surface area contributed by atoms with Gasteiger partial charge in [0.2, 0.25) is 11.8 Å². The highest BCUT2D eigenvalue weighted by Crippen LogP contribution is 2.37. The van der Waals surface area contributed by atoms with Crippen molar-refractivity contribution in [1.82, 2.24) is 5.32 Å². The summed E-state index contributed by atoms with van der Waals surface area (Å²) < 4.78 is 5.89. The summed E-state index contributed by atoms with van der Waals surface area (Å²) in [5, 5.41) is 13.3. The van der Waals surface area contributed by atoms with Gasteiger partial charge in [-0.25, -0.2) is 0 Å². The zero-order valence-corrected chi connectivity index (χ0v) is 22.5. The Hall–Kier alpha value is -4.80. The van der Waals surface area contributed by atoms with Gasteiger partial charge in [-0.05, 0) is 47.5 Å². The number of anilines is 2. The summed E-state index contributed by atoms with van der Waals surface area (Å²) in [6.07, 6.45) is 0.158. The van der Waals surface area contributed by atoms with Crippen LogP contribution in [0.5, 0.6) is 5.75 Å². The second kappa shape index (κ2) is 12.8. The fraction of sp³-hybridized carbons (Fsp3) is 0.121. The number of para-hydroxylation sites is 2. The highest BCUT2D eigenvalue weighted by Gasteiger charge is 2.30. The van der Waals surface area contributed by atoms with Gasteiger partial charge in [0.1, 0.15) is 12.4 Å². The number of carbonyl (C=O) groups is 2. The topological polar surface area (TPSA) is 82.4 Å². The molecule has 1 aliphatic heterocycles. The van der Waals surface area contributed by atoms with E-state index < -0.39 is 5.92 Å². The van der Waals surface area contributed by atoms with Gasteiger partial charge in [0.05, 0.1) is 22.4 Å². The number of ether oxygens (including phenoxy) is 1. The first-order chi connectivity index (χ1) is 19.6. The van der Waals surface area contributed by atoms with Gasteiger partial charge >= 0.3 is 0 Å². The number of hydrogen-bond acceptors (Lipinski definition) is 5. The maximum Gasteiger partial charge on any atom is 0.241 e. The van der Waals surface area contributed by atoms with Gasteiger partial charge in [-0.2, -0.15) is 5.26 Å². The maximum atomic E-state index is 13.5. The molecule has 0 spiro atoms. The average Bonchev–Trinajstić information content (AvgIpc) is 3.01. The summed E-state index contributed by atoms with van der Waals surface area (Å²) in [6, 6.07) is 38.5. The Kier molecular flexibility index (Phi) is 8.60. The molecule has 40 heavy (non-hydrogen) atoms. The van der Waals surface area contributed by atoms with Crippen LogP contribution in [0.4, 0.5) is 11.4 Å². The highest BCUT2D eigenvalue weighted by molar-refractivity contribution is 8.03. The maximum absolute atomic E-state index is 13.5. The lowest BCUT2D eigenvalue weighted by Gasteiger charge is -2.26. The van der Waals surface area contributed by atoms with Crippen molar-refractivity contribution in [3.63, 3.8) is 0 Å². The van der Waals surface area contributed by atoms with Crippen molar-refractivity contribution in [2.24, 2.45) is 0 Å². The second-order valence-corrected chi connectivity index (χ2v) is 10.2. The lowest BCUT2D eigenvalue weighted by atomic mass is 9.87. The fourth-order valence-electron chi connectivity index (χ4n) is 4.54. The van der Waals surface area contributed by atoms with E-state index >= 15 is 0 Å². The first kappa shape index (κ1) is 26.8. The lowest BCUT2D eigenvalue weighted by molar-refractivity contribution is -0.121. The van der Waals surface area contributed by atoms with Crippen molar-refractivity contribution in [1.29, 1.82) is 5.26 Å². The number of nitrogens with zero attached hydrogens (tertiary/aromatic N) is 2. The minimum atomic E-state index is -0.404. The third-order valence-corrected chi connectivity index (χ3v) is 7.51. The molecule has 0 saturated heterocycles. The highest BCUT2D eigenvalue weighted by atomic mass is 32.2. The number of carbonyl (C=O) groups excluding carboxylic acids is 2. The molecule has 1 N–H and O–H groups in total. The molecule has 2 amide bonds. The van der Waals surface area contributed by atoms with Crippen molar-refractivity contribution >= 4 is 35.0 Å². The van der Waals surface area contributed by atoms with Gasteiger partial charge in [0, 0.05) is 23.7 Å². The molecule has 0 saturated carbocycles. The molecule has 1 aliphatic rings. The van der Waals surface area contributed by atoms with E-state index in [4.69, 9.17) is 4.74 Å². The summed E-state index contributed by atoms with van der Waals surface area (Å²) in [4.78, 5) is 27.8. The van der Waals surface area contributed by atoms with Gasteiger partial charge in [-0.15, -0.1) is 0 Å². The van der Waals surface area contributed by atoms with E-state index in [0.717, 1.165) is 22.5 Å². The molecule has 0 bridgehead atoms. The molecule has 0 radical (unpaired) electrons. The quantitative estimate of drug-likeness (QED) is 0.253. The molecular formula is C33H27N3O3S. The molecule has 0 aromatic heterocycles. The molecule has 5 rings (SSSR count). The van der Waals surface area contributed by atoms with E-state index in [-0.39, 0.29) is 24.0 Å². The SMILES string of the molecule is N#CC1=C(SCC(=O)N(c2ccccc2)c2ccccc2)NC(=O)C[C@H]1c1ccc(OCc2ccccc2)cc1. The smallest absolute Gasteiger partial charge is 0.241 e. The van der Waals surface area contributed by atoms with Crippen LogP contribution in [-0.2, 0) is 16.2 Å². The third kappa shape index (κ3) is 6.42. The van der Waals surface area contributed by atoms with Gasteiger partial charge < -0.3 is 10.1 Å². The van der Waals surface area contributed by atoms with Crippen molar-refractivity contribution in [3.05, 3.63) is 137 Å². The molecule has 4 aromatic carbocycles. The van der Waals surface area contributed by atoms with Gasteiger partial charge in [-0.1, -0.05) is 90.6 Å². The predicted octanol–water partition coefficient (Wildman–Crippen LogP) is 6.70. The zero-order chi connectivity index (χ0) is 27.7. The second-order valence-electron chi connectivity index (χ2n) is 9.19. The van der Waals surface area contributed by atoms with Gasteiger partial charge in [0.15, 0.2) is 0 Å². The molecule has 7 heteroatoms. The standard InChI is InChI=1S/C33H27N3O3S/c34-21-30-29(25-16-18-28(19-17-25)39-22-24-10-4-1-5-11-24)20-31(37)35-33(30)40-23-32(38)36(26-12-6-2-7-13-26)27-14-8-3-9-15-27/h1-19,29H,20,22-23H2,(H,35,37)/t29-/m0/s1. The van der Waals surface area contributed by atoms with E-state index in [1.54, 1.807) is 4.90 Å². The number of allylic oxidation sites excluding steroid dienone is 1. The van der Waals surface area contributed by atoms with E-state index in [0.29, 0.717) is 23.0 Å². The zero-order valence-electron chi connectivity index (χ0n) is 21.7. The molecule has 0 aliphatic carbocycles. The van der Waals surface area contributed by atoms with Crippen LogP contribution in [0.15, 0.2) is 126 Å². The van der Waals surface area contributed by atoms with Gasteiger partial charge in [0.25, 0.3) is 0 Å². The van der Waals surface area contributed by atoms with Crippen molar-refractivity contribution in [2.45, 2.75) is 18.9 Å². The number of nitriles is 1. The monoisotopic (exact) mass is 545 g/mol. The molecule has 4 aromatic rings. The van der Waals surface area contributed by atoms with Crippen molar-refractivity contribution in [3.8, 4) is 11.8 Å². The van der Waals surface area contributed by atoms with Crippen LogP contribution in [0, 0.1) is 11.3 Å². The Morgan fingerprint density at radius 2 is 1.45 bits per heavy atom. The van der Waals surface area contributed by atoms with Crippen LogP contribution in [0.25, 0.3) is 0 Å². The normalized spacial score (nSPS) is 14.7. The van der Waals surface area contributed by atoms with E-state index in [1.165, 1.54) is 11.8 Å². The summed E-state index contributed by atoms with van der Waals surface area (Å²) >= 11 is 1.18. The largest absolute Gasteiger partial charge is 0.489 e. The Labute approximate surface area is 237 Å². The summed E-state index contributed by atoms with van der Waals surface area (Å²) in [6.45, 7) is 0.452. The molecule has 0 fully saturated rings. The molecule has 6 nitrogen and oxygen atoms in total. The average molecular weight is 546 g/mol. The van der Waals surface area contributed by atoms with Crippen LogP contribution in [-0.4, -0.2) is 17.6 Å². The first-order valence-corrected chi connectivity index (χ1v) is 13.9. The molecule has 198 valence electrons. The minimum Gasteiger partial charge on any atom is -0.489 e. The minimum absolute atomic E-state index is 0.0452. The fourth-order valence-corrected chi connectivity index (χ4v) is 5.47. The Morgan fingerprint density at radius 1 is 0.875 bits per heavy atom. The summed E-state index contributed by atoms with van der Waals surface area (Å²) in [5.74, 6) is -0.00466. The summed E-state index contributed by atoms with van der Waals surface area (Å²) in [7, 11) is 0. The third-order valence-electron chi connectivity index (χ3n) is 6.50. The molecule has 0 unspecified atom stereocenters. The summed E-state index contributed by atoms with van der Waals surface area (Å²) in [5.41, 5.74) is 3.85. The number of hydrogen-bond donors (Lipinski definition) is 1.